The summed E-state index contributed by atoms with van der Waals surface area (Å²) in [5, 5.41) is 14.7. The van der Waals surface area contributed by atoms with E-state index in [1.807, 2.05) is 23.2 Å². The highest BCUT2D eigenvalue weighted by Gasteiger charge is 2.47. The summed E-state index contributed by atoms with van der Waals surface area (Å²) >= 11 is 0. The number of hydrogen-bond donors (Lipinski definition) is 2. The molecule has 0 bridgehead atoms. The van der Waals surface area contributed by atoms with Gasteiger partial charge >= 0.3 is 5.97 Å². The fraction of sp³-hybridized carbons (Fsp3) is 0.640. The van der Waals surface area contributed by atoms with Crippen molar-refractivity contribution in [2.75, 3.05) is 0 Å². The van der Waals surface area contributed by atoms with Crippen molar-refractivity contribution in [1.29, 1.82) is 0 Å². The molecule has 0 amide bonds. The fourth-order valence-corrected chi connectivity index (χ4v) is 4.89. The number of ether oxygens (including phenoxy) is 1. The molecule has 2 aliphatic heterocycles. The van der Waals surface area contributed by atoms with Crippen molar-refractivity contribution in [3.63, 3.8) is 0 Å². The van der Waals surface area contributed by atoms with E-state index in [9.17, 15) is 4.79 Å². The number of fused-ring (bicyclic) bond motifs is 1. The topological polar surface area (TPSA) is 120 Å². The van der Waals surface area contributed by atoms with E-state index in [0.29, 0.717) is 12.3 Å². The van der Waals surface area contributed by atoms with Gasteiger partial charge in [0.1, 0.15) is 17.6 Å². The molecule has 2 atom stereocenters. The number of guanidine groups is 1. The van der Waals surface area contributed by atoms with E-state index in [1.165, 1.54) is 6.92 Å². The minimum atomic E-state index is -0.352. The smallest absolute Gasteiger partial charge is 0.308 e. The molecule has 0 radical (unpaired) electrons. The molecule has 2 fully saturated rings. The lowest BCUT2D eigenvalue weighted by Gasteiger charge is -2.44. The van der Waals surface area contributed by atoms with Crippen molar-refractivity contribution in [1.82, 2.24) is 15.2 Å². The molecular weight excluding hydrogens is 444 g/mol. The SMILES string of the molecule is CC(=O)Oc1ccccc1CN=C1NC(=NC2CCC(N)CC2)N(C(C)C)C2N=NN(C(C)C)C12. The van der Waals surface area contributed by atoms with Gasteiger partial charge in [-0.2, -0.15) is 0 Å². The van der Waals surface area contributed by atoms with Gasteiger partial charge in [-0.1, -0.05) is 23.4 Å². The van der Waals surface area contributed by atoms with Crippen LogP contribution in [0.1, 0.15) is 65.9 Å². The molecule has 10 nitrogen and oxygen atoms in total. The number of hydrogen-bond acceptors (Lipinski definition) is 8. The number of rotatable bonds is 6. The Kier molecular flexibility index (Phi) is 7.69. The molecule has 2 heterocycles. The zero-order chi connectivity index (χ0) is 25.1. The van der Waals surface area contributed by atoms with E-state index >= 15 is 0 Å². The van der Waals surface area contributed by atoms with E-state index in [-0.39, 0.29) is 42.3 Å². The molecule has 3 N–H and O–H groups in total. The summed E-state index contributed by atoms with van der Waals surface area (Å²) in [5.74, 6) is 1.73. The van der Waals surface area contributed by atoms with Crippen LogP contribution in [0.3, 0.4) is 0 Å². The second-order valence-electron chi connectivity index (χ2n) is 10.1. The van der Waals surface area contributed by atoms with Crippen molar-refractivity contribution >= 4 is 17.8 Å². The average Bonchev–Trinajstić information content (AvgIpc) is 3.24. The molecule has 35 heavy (non-hydrogen) atoms. The molecule has 1 saturated carbocycles. The number of para-hydroxylation sites is 1. The lowest BCUT2D eigenvalue weighted by molar-refractivity contribution is -0.131. The Hall–Kier alpha value is -3.01. The van der Waals surface area contributed by atoms with Crippen LogP contribution in [0, 0.1) is 0 Å². The molecule has 1 aliphatic carbocycles. The maximum Gasteiger partial charge on any atom is 0.308 e. The van der Waals surface area contributed by atoms with Gasteiger partial charge in [-0.05, 0) is 59.4 Å². The van der Waals surface area contributed by atoms with E-state index < -0.39 is 0 Å². The lowest BCUT2D eigenvalue weighted by atomic mass is 9.92. The summed E-state index contributed by atoms with van der Waals surface area (Å²) in [6.45, 7) is 10.3. The predicted molar refractivity (Wildman–Crippen MR) is 136 cm³/mol. The number of benzene rings is 1. The van der Waals surface area contributed by atoms with E-state index in [4.69, 9.17) is 20.5 Å². The zero-order valence-electron chi connectivity index (χ0n) is 21.4. The minimum Gasteiger partial charge on any atom is -0.426 e. The van der Waals surface area contributed by atoms with Crippen molar-refractivity contribution in [3.05, 3.63) is 29.8 Å². The highest BCUT2D eigenvalue weighted by Crippen LogP contribution is 2.30. The van der Waals surface area contributed by atoms with Crippen LogP contribution in [-0.2, 0) is 11.3 Å². The minimum absolute atomic E-state index is 0.154. The maximum absolute atomic E-state index is 11.6. The Morgan fingerprint density at radius 2 is 1.89 bits per heavy atom. The third kappa shape index (κ3) is 5.63. The van der Waals surface area contributed by atoms with Gasteiger partial charge in [0, 0.05) is 30.6 Å². The molecule has 0 spiro atoms. The Balaban J connectivity index is 1.67. The Morgan fingerprint density at radius 3 is 2.54 bits per heavy atom. The number of esters is 1. The predicted octanol–water partition coefficient (Wildman–Crippen LogP) is 3.24. The summed E-state index contributed by atoms with van der Waals surface area (Å²) in [5.41, 5.74) is 6.96. The lowest BCUT2D eigenvalue weighted by Crippen LogP contribution is -2.67. The summed E-state index contributed by atoms with van der Waals surface area (Å²) in [7, 11) is 0. The first-order valence-corrected chi connectivity index (χ1v) is 12.6. The second-order valence-corrected chi connectivity index (χ2v) is 10.1. The molecule has 1 aromatic carbocycles. The van der Waals surface area contributed by atoms with Crippen molar-refractivity contribution in [3.8, 4) is 5.75 Å². The van der Waals surface area contributed by atoms with Crippen LogP contribution in [-0.4, -0.2) is 64.0 Å². The normalized spacial score (nSPS) is 28.7. The van der Waals surface area contributed by atoms with Crippen LogP contribution in [0.2, 0.25) is 0 Å². The maximum atomic E-state index is 11.6. The van der Waals surface area contributed by atoms with E-state index in [2.05, 4.69) is 48.2 Å². The standard InChI is InChI=1S/C25H38N8O2/c1-15(2)32-24-22(33(16(3)4)31-30-24)23(29-25(32)28-20-12-10-19(26)11-13-20)27-14-18-8-6-7-9-21(18)35-17(5)34/h6-9,15-16,19-20,22,24H,10-14,26H2,1-5H3,(H,27,28,29). The van der Waals surface area contributed by atoms with Crippen LogP contribution in [0.4, 0.5) is 0 Å². The van der Waals surface area contributed by atoms with Gasteiger partial charge in [-0.15, -0.1) is 5.11 Å². The fourth-order valence-electron chi connectivity index (χ4n) is 4.89. The Morgan fingerprint density at radius 1 is 1.17 bits per heavy atom. The van der Waals surface area contributed by atoms with Crippen molar-refractivity contribution < 1.29 is 9.53 Å². The first kappa shape index (κ1) is 25.1. The van der Waals surface area contributed by atoms with Gasteiger partial charge < -0.3 is 20.7 Å². The van der Waals surface area contributed by atoms with Crippen LogP contribution < -0.4 is 15.8 Å². The highest BCUT2D eigenvalue weighted by molar-refractivity contribution is 6.05. The first-order valence-electron chi connectivity index (χ1n) is 12.6. The van der Waals surface area contributed by atoms with Gasteiger partial charge in [-0.25, -0.2) is 4.99 Å². The van der Waals surface area contributed by atoms with Crippen LogP contribution in [0.15, 0.2) is 44.6 Å². The second kappa shape index (κ2) is 10.7. The molecule has 1 aromatic rings. The van der Waals surface area contributed by atoms with Gasteiger partial charge in [-0.3, -0.25) is 14.8 Å². The molecule has 10 heteroatoms. The van der Waals surface area contributed by atoms with Crippen molar-refractivity contribution in [2.24, 2.45) is 26.1 Å². The van der Waals surface area contributed by atoms with E-state index in [1.54, 1.807) is 6.07 Å². The summed E-state index contributed by atoms with van der Waals surface area (Å²) in [6.07, 6.45) is 3.72. The third-order valence-electron chi connectivity index (χ3n) is 6.67. The van der Waals surface area contributed by atoms with Gasteiger partial charge in [0.25, 0.3) is 0 Å². The van der Waals surface area contributed by atoms with Crippen LogP contribution in [0.5, 0.6) is 5.75 Å². The monoisotopic (exact) mass is 482 g/mol. The Bertz CT molecular complexity index is 997. The van der Waals surface area contributed by atoms with Gasteiger partial charge in [0.05, 0.1) is 12.6 Å². The third-order valence-corrected chi connectivity index (χ3v) is 6.67. The number of carbonyl (C=O) groups is 1. The van der Waals surface area contributed by atoms with Crippen LogP contribution in [0.25, 0.3) is 0 Å². The molecule has 4 rings (SSSR count). The molecule has 1 saturated heterocycles. The number of nitrogens with one attached hydrogen (secondary N) is 1. The number of carbonyl (C=O) groups excluding carboxylic acids is 1. The Labute approximate surface area is 207 Å². The first-order chi connectivity index (χ1) is 16.7. The van der Waals surface area contributed by atoms with Crippen LogP contribution >= 0.6 is 0 Å². The summed E-state index contributed by atoms with van der Waals surface area (Å²) < 4.78 is 5.39. The van der Waals surface area contributed by atoms with E-state index in [0.717, 1.165) is 43.0 Å². The van der Waals surface area contributed by atoms with Crippen molar-refractivity contribution in [2.45, 2.75) is 103 Å². The largest absolute Gasteiger partial charge is 0.426 e. The number of nitrogens with two attached hydrogens (primary N) is 1. The molecule has 0 aromatic heterocycles. The molecule has 190 valence electrons. The average molecular weight is 483 g/mol. The number of amidine groups is 1. The molecular formula is C25H38N8O2. The van der Waals surface area contributed by atoms with Gasteiger partial charge in [0.2, 0.25) is 5.96 Å². The van der Waals surface area contributed by atoms with Gasteiger partial charge in [0.15, 0.2) is 6.17 Å². The quantitative estimate of drug-likeness (QED) is 0.474. The highest BCUT2D eigenvalue weighted by atomic mass is 16.5. The molecule has 2 unspecified atom stereocenters. The summed E-state index contributed by atoms with van der Waals surface area (Å²) in [4.78, 5) is 23.9. The number of nitrogens with zero attached hydrogens (tertiary/aromatic N) is 6. The summed E-state index contributed by atoms with van der Waals surface area (Å²) in [6, 6.07) is 8.15. The molecule has 3 aliphatic rings. The number of aliphatic imine (C=N–C) groups is 2. The zero-order valence-corrected chi connectivity index (χ0v) is 21.4.